The van der Waals surface area contributed by atoms with Crippen LogP contribution in [0.25, 0.3) is 0 Å². The van der Waals surface area contributed by atoms with E-state index in [9.17, 15) is 0 Å². The van der Waals surface area contributed by atoms with Gasteiger partial charge in [0.05, 0.1) is 0 Å². The predicted molar refractivity (Wildman–Crippen MR) is 41.2 cm³/mol. The molecule has 2 atom stereocenters. The van der Waals surface area contributed by atoms with E-state index in [-0.39, 0.29) is 0 Å². The second-order valence-corrected chi connectivity index (χ2v) is 2.99. The lowest BCUT2D eigenvalue weighted by atomic mass is 9.89. The molecule has 50 valence electrons. The van der Waals surface area contributed by atoms with Crippen molar-refractivity contribution >= 4 is 0 Å². The van der Waals surface area contributed by atoms with Crippen LogP contribution in [0.15, 0.2) is 23.8 Å². The lowest BCUT2D eigenvalue weighted by Gasteiger charge is -2.16. The summed E-state index contributed by atoms with van der Waals surface area (Å²) in [6, 6.07) is 0. The van der Waals surface area contributed by atoms with E-state index in [0.717, 1.165) is 11.8 Å². The van der Waals surface area contributed by atoms with E-state index in [1.165, 1.54) is 5.57 Å². The summed E-state index contributed by atoms with van der Waals surface area (Å²) in [5.74, 6) is 1.46. The first kappa shape index (κ1) is 6.60. The summed E-state index contributed by atoms with van der Waals surface area (Å²) < 4.78 is 0. The molecule has 1 aliphatic carbocycles. The summed E-state index contributed by atoms with van der Waals surface area (Å²) in [4.78, 5) is 0. The van der Waals surface area contributed by atoms with Gasteiger partial charge in [-0.3, -0.25) is 0 Å². The lowest BCUT2D eigenvalue weighted by molar-refractivity contribution is 0.548. The molecular formula is C9H14. The van der Waals surface area contributed by atoms with Gasteiger partial charge in [0.25, 0.3) is 0 Å². The largest absolute Gasteiger partial charge is 0.0809 e. The Bertz CT molecular complexity index is 151. The second kappa shape index (κ2) is 2.38. The van der Waals surface area contributed by atoms with Crippen LogP contribution in [0.3, 0.4) is 0 Å². The van der Waals surface area contributed by atoms with Gasteiger partial charge in [-0.25, -0.2) is 0 Å². The quantitative estimate of drug-likeness (QED) is 0.463. The molecule has 0 aliphatic heterocycles. The number of hydrogen-bond acceptors (Lipinski definition) is 0. The maximum absolute atomic E-state index is 2.32. The van der Waals surface area contributed by atoms with Crippen molar-refractivity contribution in [2.75, 3.05) is 0 Å². The van der Waals surface area contributed by atoms with Crippen molar-refractivity contribution in [2.45, 2.75) is 20.8 Å². The van der Waals surface area contributed by atoms with Gasteiger partial charge in [0.1, 0.15) is 0 Å². The van der Waals surface area contributed by atoms with Gasteiger partial charge in [0.15, 0.2) is 0 Å². The van der Waals surface area contributed by atoms with Crippen LogP contribution in [0, 0.1) is 11.8 Å². The Morgan fingerprint density at radius 1 is 1.22 bits per heavy atom. The SMILES string of the molecule is CC1=CC(C)[C@@H](C)C=C1. The van der Waals surface area contributed by atoms with Crippen molar-refractivity contribution in [2.24, 2.45) is 11.8 Å². The van der Waals surface area contributed by atoms with Crippen molar-refractivity contribution < 1.29 is 0 Å². The third-order valence-corrected chi connectivity index (χ3v) is 2.02. The maximum Gasteiger partial charge on any atom is -0.0196 e. The van der Waals surface area contributed by atoms with Crippen LogP contribution >= 0.6 is 0 Å². The van der Waals surface area contributed by atoms with Gasteiger partial charge in [-0.2, -0.15) is 0 Å². The van der Waals surface area contributed by atoms with Gasteiger partial charge in [-0.15, -0.1) is 0 Å². The molecule has 0 heteroatoms. The zero-order valence-electron chi connectivity index (χ0n) is 6.39. The molecule has 0 aromatic heterocycles. The molecule has 0 N–H and O–H groups in total. The molecule has 0 aromatic carbocycles. The van der Waals surface area contributed by atoms with Crippen LogP contribution in [-0.2, 0) is 0 Å². The molecule has 0 aromatic rings. The smallest absolute Gasteiger partial charge is 0.0196 e. The summed E-state index contributed by atoms with van der Waals surface area (Å²) in [5.41, 5.74) is 1.40. The van der Waals surface area contributed by atoms with Crippen LogP contribution in [0.4, 0.5) is 0 Å². The van der Waals surface area contributed by atoms with Gasteiger partial charge in [0.2, 0.25) is 0 Å². The monoisotopic (exact) mass is 122 g/mol. The van der Waals surface area contributed by atoms with Crippen LogP contribution in [-0.4, -0.2) is 0 Å². The van der Waals surface area contributed by atoms with E-state index in [0.29, 0.717) is 0 Å². The molecule has 9 heavy (non-hydrogen) atoms. The molecular weight excluding hydrogens is 108 g/mol. The molecule has 0 bridgehead atoms. The van der Waals surface area contributed by atoms with Gasteiger partial charge in [0, 0.05) is 0 Å². The third-order valence-electron chi connectivity index (χ3n) is 2.02. The summed E-state index contributed by atoms with van der Waals surface area (Å²) in [6.07, 6.45) is 6.80. The second-order valence-electron chi connectivity index (χ2n) is 2.99. The fourth-order valence-corrected chi connectivity index (χ4v) is 1.10. The van der Waals surface area contributed by atoms with E-state index in [2.05, 4.69) is 39.0 Å². The molecule has 0 spiro atoms. The number of allylic oxidation sites excluding steroid dienone is 4. The van der Waals surface area contributed by atoms with Crippen molar-refractivity contribution in [1.82, 2.24) is 0 Å². The summed E-state index contributed by atoms with van der Waals surface area (Å²) in [5, 5.41) is 0. The number of hydrogen-bond donors (Lipinski definition) is 0. The predicted octanol–water partition coefficient (Wildman–Crippen LogP) is 2.77. The standard InChI is InChI=1S/C9H14/c1-7-4-5-8(2)9(3)6-7/h4-6,8-9H,1-3H3/t8-,9?/m0/s1. The van der Waals surface area contributed by atoms with Crippen LogP contribution in [0.2, 0.25) is 0 Å². The molecule has 0 nitrogen and oxygen atoms in total. The first-order chi connectivity index (χ1) is 4.20. The Labute approximate surface area is 57.3 Å². The molecule has 0 heterocycles. The van der Waals surface area contributed by atoms with Gasteiger partial charge in [-0.1, -0.05) is 37.6 Å². The summed E-state index contributed by atoms with van der Waals surface area (Å²) in [7, 11) is 0. The first-order valence-electron chi connectivity index (χ1n) is 3.57. The van der Waals surface area contributed by atoms with E-state index < -0.39 is 0 Å². The van der Waals surface area contributed by atoms with Crippen LogP contribution in [0.1, 0.15) is 20.8 Å². The average molecular weight is 122 g/mol. The van der Waals surface area contributed by atoms with Gasteiger partial charge < -0.3 is 0 Å². The van der Waals surface area contributed by atoms with Crippen molar-refractivity contribution in [3.8, 4) is 0 Å². The fourth-order valence-electron chi connectivity index (χ4n) is 1.10. The van der Waals surface area contributed by atoms with Crippen LogP contribution in [0.5, 0.6) is 0 Å². The molecule has 0 amide bonds. The Morgan fingerprint density at radius 3 is 2.33 bits per heavy atom. The Kier molecular flexibility index (Phi) is 1.75. The minimum Gasteiger partial charge on any atom is -0.0809 e. The first-order valence-corrected chi connectivity index (χ1v) is 3.57. The van der Waals surface area contributed by atoms with E-state index in [4.69, 9.17) is 0 Å². The molecule has 0 saturated carbocycles. The van der Waals surface area contributed by atoms with Crippen molar-refractivity contribution in [1.29, 1.82) is 0 Å². The molecule has 0 saturated heterocycles. The Balaban J connectivity index is 2.70. The van der Waals surface area contributed by atoms with E-state index >= 15 is 0 Å². The Morgan fingerprint density at radius 2 is 1.89 bits per heavy atom. The minimum absolute atomic E-state index is 0.730. The zero-order valence-corrected chi connectivity index (χ0v) is 6.39. The highest BCUT2D eigenvalue weighted by Crippen LogP contribution is 2.20. The van der Waals surface area contributed by atoms with Crippen LogP contribution < -0.4 is 0 Å². The highest BCUT2D eigenvalue weighted by molar-refractivity contribution is 5.22. The van der Waals surface area contributed by atoms with Gasteiger partial charge in [-0.05, 0) is 18.8 Å². The summed E-state index contributed by atoms with van der Waals surface area (Å²) in [6.45, 7) is 6.67. The van der Waals surface area contributed by atoms with E-state index in [1.54, 1.807) is 0 Å². The molecule has 1 rings (SSSR count). The average Bonchev–Trinajstić information content (AvgIpc) is 1.80. The zero-order chi connectivity index (χ0) is 6.85. The normalized spacial score (nSPS) is 34.3. The highest BCUT2D eigenvalue weighted by atomic mass is 14.1. The summed E-state index contributed by atoms with van der Waals surface area (Å²) >= 11 is 0. The molecule has 1 aliphatic rings. The van der Waals surface area contributed by atoms with Crippen molar-refractivity contribution in [3.05, 3.63) is 23.8 Å². The van der Waals surface area contributed by atoms with Gasteiger partial charge >= 0.3 is 0 Å². The molecule has 0 radical (unpaired) electrons. The highest BCUT2D eigenvalue weighted by Gasteiger charge is 2.08. The molecule has 1 unspecified atom stereocenters. The van der Waals surface area contributed by atoms with Crippen molar-refractivity contribution in [3.63, 3.8) is 0 Å². The van der Waals surface area contributed by atoms with E-state index in [1.807, 2.05) is 0 Å². The Hall–Kier alpha value is -0.520. The minimum atomic E-state index is 0.730. The topological polar surface area (TPSA) is 0 Å². The number of rotatable bonds is 0. The molecule has 0 fully saturated rings. The maximum atomic E-state index is 2.32. The fraction of sp³-hybridized carbons (Fsp3) is 0.556. The third kappa shape index (κ3) is 1.44. The lowest BCUT2D eigenvalue weighted by Crippen LogP contribution is -2.05.